The molecule has 0 radical (unpaired) electrons. The average Bonchev–Trinajstić information content (AvgIpc) is 0.762. The first-order chi connectivity index (χ1) is 58.7. The minimum absolute atomic E-state index is 0.732. The number of benzene rings is 9. The molecule has 0 spiro atoms. The molecule has 0 aliphatic rings. The van der Waals surface area contributed by atoms with Crippen LogP contribution >= 0.6 is 7.14 Å². The van der Waals surface area contributed by atoms with Gasteiger partial charge in [0.2, 0.25) is 0 Å². The van der Waals surface area contributed by atoms with Crippen LogP contribution in [-0.4, -0.2) is 39.3 Å². The van der Waals surface area contributed by atoms with E-state index in [0.717, 1.165) is 105 Å². The first-order valence-corrected chi connectivity index (χ1v) is 48.7. The van der Waals surface area contributed by atoms with Gasteiger partial charge in [-0.3, -0.25) is 0 Å². The molecular weight excluding hydrogens is 1460 g/mol. The van der Waals surface area contributed by atoms with Gasteiger partial charge in [0, 0.05) is 106 Å². The van der Waals surface area contributed by atoms with Crippen molar-refractivity contribution in [1.29, 1.82) is 0 Å². The molecule has 9 aromatic rings. The predicted molar refractivity (Wildman–Crippen MR) is 526 cm³/mol. The van der Waals surface area contributed by atoms with Crippen LogP contribution in [-0.2, 0) is 4.57 Å². The molecule has 0 aliphatic carbocycles. The van der Waals surface area contributed by atoms with E-state index in [0.29, 0.717) is 0 Å². The molecule has 0 saturated carbocycles. The second kappa shape index (κ2) is 56.1. The predicted octanol–water partition coefficient (Wildman–Crippen LogP) is 30.6. The summed E-state index contributed by atoms with van der Waals surface area (Å²) in [6.07, 6.45) is 60.7. The Bertz CT molecular complexity index is 4070. The average molecular weight is 1600 g/mol. The van der Waals surface area contributed by atoms with Crippen LogP contribution in [0.4, 0.5) is 17.1 Å². The van der Waals surface area contributed by atoms with E-state index < -0.39 is 7.14 Å². The standard InChI is InChI=1S/C114H144N3OP/c1-7-13-19-25-31-37-91-115(92-38-32-26-20-14-8-2)109-79-67-103(68-80-109)61-55-97-43-49-100(50-44-97)58-64-106-73-85-112(86-74-106)119(118,113-87-75-107(76-88-113)65-59-101-51-45-98(46-52-101)56-62-104-69-81-110(82-70-104)116(93-39-33-27-21-15-9-3)94-40-34-28-22-16-10-4)114-89-77-108(78-90-114)66-60-102-53-47-99(48-54-102)57-63-105-71-83-111(84-72-105)117(95-41-35-29-23-17-11-5)96-42-36-30-24-18-12-6/h43-57,61-63,67-90H,7-42,91-96H2,1-6H3/b61-55+,62-56+,63-57+. The number of unbranched alkanes of at least 4 members (excludes halogenated alkanes) is 30. The molecule has 0 unspecified atom stereocenters. The van der Waals surface area contributed by atoms with E-state index in [1.54, 1.807) is 0 Å². The fourth-order valence-electron chi connectivity index (χ4n) is 15.8. The fourth-order valence-corrected chi connectivity index (χ4v) is 18.4. The Morgan fingerprint density at radius 3 is 0.504 bits per heavy atom. The molecule has 9 rings (SSSR count). The fraction of sp³-hybridized carbons (Fsp3) is 0.421. The number of nitrogens with zero attached hydrogens (tertiary/aromatic N) is 3. The van der Waals surface area contributed by atoms with Gasteiger partial charge in [-0.05, 0) is 217 Å². The van der Waals surface area contributed by atoms with Gasteiger partial charge >= 0.3 is 0 Å². The molecule has 0 atom stereocenters. The lowest BCUT2D eigenvalue weighted by Crippen LogP contribution is -2.25. The van der Waals surface area contributed by atoms with Gasteiger partial charge in [0.05, 0.1) is 0 Å². The highest BCUT2D eigenvalue weighted by atomic mass is 31.2. The van der Waals surface area contributed by atoms with Crippen molar-refractivity contribution in [3.63, 3.8) is 0 Å². The lowest BCUT2D eigenvalue weighted by atomic mass is 10.1. The van der Waals surface area contributed by atoms with E-state index in [1.807, 2.05) is 72.8 Å². The van der Waals surface area contributed by atoms with Gasteiger partial charge in [-0.2, -0.15) is 0 Å². The van der Waals surface area contributed by atoms with Crippen molar-refractivity contribution in [1.82, 2.24) is 0 Å². The highest BCUT2D eigenvalue weighted by Crippen LogP contribution is 2.43. The third-order valence-corrected chi connectivity index (χ3v) is 26.4. The van der Waals surface area contributed by atoms with Gasteiger partial charge < -0.3 is 19.3 Å². The lowest BCUT2D eigenvalue weighted by molar-refractivity contribution is 0.575. The smallest absolute Gasteiger partial charge is 0.171 e. The van der Waals surface area contributed by atoms with Gasteiger partial charge in [0.25, 0.3) is 0 Å². The van der Waals surface area contributed by atoms with Crippen LogP contribution in [0.15, 0.2) is 218 Å². The molecule has 5 heteroatoms. The van der Waals surface area contributed by atoms with Crippen molar-refractivity contribution < 1.29 is 4.57 Å². The van der Waals surface area contributed by atoms with Gasteiger partial charge in [-0.1, -0.05) is 379 Å². The summed E-state index contributed by atoms with van der Waals surface area (Å²) >= 11 is 0. The molecule has 9 aromatic carbocycles. The van der Waals surface area contributed by atoms with Crippen molar-refractivity contribution in [2.45, 2.75) is 273 Å². The Labute approximate surface area is 723 Å². The van der Waals surface area contributed by atoms with E-state index in [1.165, 1.54) is 265 Å². The minimum atomic E-state index is -3.41. The highest BCUT2D eigenvalue weighted by Gasteiger charge is 2.30. The van der Waals surface area contributed by atoms with E-state index in [4.69, 9.17) is 0 Å². The van der Waals surface area contributed by atoms with E-state index in [9.17, 15) is 0 Å². The summed E-state index contributed by atoms with van der Waals surface area (Å²) in [4.78, 5) is 7.89. The third kappa shape index (κ3) is 34.6. The zero-order valence-corrected chi connectivity index (χ0v) is 75.0. The normalized spacial score (nSPS) is 11.4. The lowest BCUT2D eigenvalue weighted by Gasteiger charge is -2.25. The summed E-state index contributed by atoms with van der Waals surface area (Å²) in [7, 11) is -3.41. The number of hydrogen-bond acceptors (Lipinski definition) is 4. The maximum absolute atomic E-state index is 16.2. The molecule has 0 N–H and O–H groups in total. The first kappa shape index (κ1) is 93.4. The van der Waals surface area contributed by atoms with Gasteiger partial charge in [-0.25, -0.2) is 0 Å². The molecule has 0 fully saturated rings. The molecule has 0 aliphatic heterocycles. The van der Waals surface area contributed by atoms with E-state index in [-0.39, 0.29) is 0 Å². The quantitative estimate of drug-likeness (QED) is 0.0164. The monoisotopic (exact) mass is 1600 g/mol. The molecule has 0 saturated heterocycles. The molecule has 0 heterocycles. The van der Waals surface area contributed by atoms with Crippen LogP contribution in [0.5, 0.6) is 0 Å². The van der Waals surface area contributed by atoms with Gasteiger partial charge in [0.15, 0.2) is 7.14 Å². The van der Waals surface area contributed by atoms with Crippen LogP contribution in [0.1, 0.15) is 339 Å². The second-order valence-corrected chi connectivity index (χ2v) is 36.0. The Hall–Kier alpha value is -9.49. The van der Waals surface area contributed by atoms with Crippen molar-refractivity contribution in [2.24, 2.45) is 0 Å². The Kier molecular flexibility index (Phi) is 44.0. The van der Waals surface area contributed by atoms with Crippen molar-refractivity contribution in [3.8, 4) is 35.5 Å². The number of rotatable bonds is 54. The highest BCUT2D eigenvalue weighted by molar-refractivity contribution is 7.85. The summed E-state index contributed by atoms with van der Waals surface area (Å²) in [5.41, 5.74) is 16.3. The third-order valence-electron chi connectivity index (χ3n) is 23.3. The van der Waals surface area contributed by atoms with Crippen molar-refractivity contribution >= 4 is 76.6 Å². The van der Waals surface area contributed by atoms with Crippen molar-refractivity contribution in [2.75, 3.05) is 54.0 Å². The largest absolute Gasteiger partial charge is 0.372 e. The Balaban J connectivity index is 0.867. The van der Waals surface area contributed by atoms with Crippen molar-refractivity contribution in [3.05, 3.63) is 285 Å². The van der Waals surface area contributed by atoms with Crippen LogP contribution in [0.25, 0.3) is 36.5 Å². The maximum atomic E-state index is 16.2. The molecule has 0 amide bonds. The zero-order chi connectivity index (χ0) is 83.3. The van der Waals surface area contributed by atoms with Crippen LogP contribution in [0, 0.1) is 35.5 Å². The molecule has 0 bridgehead atoms. The Morgan fingerprint density at radius 1 is 0.193 bits per heavy atom. The zero-order valence-electron chi connectivity index (χ0n) is 74.1. The summed E-state index contributed by atoms with van der Waals surface area (Å²) < 4.78 is 16.2. The van der Waals surface area contributed by atoms with Crippen LogP contribution < -0.4 is 30.6 Å². The first-order valence-electron chi connectivity index (χ1n) is 47.0. The molecule has 0 aromatic heterocycles. The van der Waals surface area contributed by atoms with Crippen LogP contribution in [0.2, 0.25) is 0 Å². The topological polar surface area (TPSA) is 26.8 Å². The number of anilines is 3. The Morgan fingerprint density at radius 2 is 0.336 bits per heavy atom. The second-order valence-electron chi connectivity index (χ2n) is 33.2. The summed E-state index contributed by atoms with van der Waals surface area (Å²) in [6.45, 7) is 20.6. The van der Waals surface area contributed by atoms with Gasteiger partial charge in [0.1, 0.15) is 0 Å². The summed E-state index contributed by atoms with van der Waals surface area (Å²) in [5.74, 6) is 20.4. The van der Waals surface area contributed by atoms with Crippen LogP contribution in [0.3, 0.4) is 0 Å². The molecular formula is C114H144N3OP. The molecule has 626 valence electrons. The molecule has 4 nitrogen and oxygen atoms in total. The SMILES string of the molecule is CCCCCCCCN(CCCCCCCC)c1ccc(/C=C/c2ccc(C#Cc3ccc(P(=O)(c4ccc(C#Cc5ccc(/C=C/c6ccc(N(CCCCCCCC)CCCCCCCC)cc6)cc5)cc4)c4ccc(C#Cc5ccc(/C=C/c6ccc(N(CCCCCCCC)CCCCCCCC)cc6)cc5)cc4)cc3)cc2)cc1. The van der Waals surface area contributed by atoms with Gasteiger partial charge in [-0.15, -0.1) is 0 Å². The minimum Gasteiger partial charge on any atom is -0.372 e. The maximum Gasteiger partial charge on any atom is 0.171 e. The summed E-state index contributed by atoms with van der Waals surface area (Å²) in [5, 5.41) is 2.20. The molecule has 119 heavy (non-hydrogen) atoms. The number of hydrogen-bond donors (Lipinski definition) is 0. The van der Waals surface area contributed by atoms with E-state index >= 15 is 4.57 Å². The van der Waals surface area contributed by atoms with E-state index in [2.05, 4.69) is 274 Å². The summed E-state index contributed by atoms with van der Waals surface area (Å²) in [6, 6.07) is 76.8.